The molecule has 1 fully saturated rings. The zero-order valence-corrected chi connectivity index (χ0v) is 20.8. The minimum Gasteiger partial charge on any atom is -0.489 e. The number of aromatic nitrogens is 1. The molecule has 0 saturated carbocycles. The Morgan fingerprint density at radius 2 is 1.83 bits per heavy atom. The average molecular weight is 513 g/mol. The number of likely N-dealkylation sites (tertiary alicyclic amines) is 1. The van der Waals surface area contributed by atoms with Crippen molar-refractivity contribution in [2.24, 2.45) is 0 Å². The van der Waals surface area contributed by atoms with E-state index < -0.39 is 21.5 Å². The minimum absolute atomic E-state index is 0.0801. The Labute approximate surface area is 209 Å². The molecule has 0 radical (unpaired) electrons. The van der Waals surface area contributed by atoms with Crippen molar-refractivity contribution in [3.8, 4) is 5.75 Å². The molecule has 0 unspecified atom stereocenters. The summed E-state index contributed by atoms with van der Waals surface area (Å²) in [6.07, 6.45) is 0.922. The van der Waals surface area contributed by atoms with Crippen molar-refractivity contribution in [3.63, 3.8) is 0 Å². The molecule has 1 aromatic heterocycles. The fourth-order valence-electron chi connectivity index (χ4n) is 4.22. The van der Waals surface area contributed by atoms with Crippen LogP contribution < -0.4 is 14.9 Å². The number of benzene rings is 2. The van der Waals surface area contributed by atoms with Crippen LogP contribution in [0.1, 0.15) is 31.0 Å². The Hall–Kier alpha value is -3.54. The van der Waals surface area contributed by atoms with Gasteiger partial charge >= 0.3 is 0 Å². The van der Waals surface area contributed by atoms with Crippen LogP contribution in [0, 0.1) is 6.92 Å². The molecular formula is C25H28N4O6S. The van der Waals surface area contributed by atoms with Crippen LogP contribution in [0.25, 0.3) is 10.9 Å². The monoisotopic (exact) mass is 512 g/mol. The molecule has 10 nitrogen and oxygen atoms in total. The van der Waals surface area contributed by atoms with Gasteiger partial charge in [-0.25, -0.2) is 13.9 Å². The highest BCUT2D eigenvalue weighted by Gasteiger charge is 2.53. The number of carbonyl (C=O) groups excluding carboxylic acids is 2. The number of carbonyl (C=O) groups is 2. The molecular weight excluding hydrogens is 484 g/mol. The number of ether oxygens (including phenoxy) is 1. The summed E-state index contributed by atoms with van der Waals surface area (Å²) in [4.78, 5) is 30.2. The number of nitrogens with one attached hydrogen (secondary N) is 2. The Balaban J connectivity index is 1.46. The fourth-order valence-corrected chi connectivity index (χ4v) is 5.57. The number of amides is 2. The van der Waals surface area contributed by atoms with Crippen LogP contribution in [0.5, 0.6) is 5.75 Å². The summed E-state index contributed by atoms with van der Waals surface area (Å²) in [6.45, 7) is 3.70. The molecule has 0 atom stereocenters. The van der Waals surface area contributed by atoms with Gasteiger partial charge in [0.25, 0.3) is 5.91 Å². The van der Waals surface area contributed by atoms with Gasteiger partial charge in [0.05, 0.1) is 23.5 Å². The minimum atomic E-state index is -4.14. The number of para-hydroxylation sites is 1. The summed E-state index contributed by atoms with van der Waals surface area (Å²) in [7, 11) is -4.14. The molecule has 2 aromatic carbocycles. The smallest absolute Gasteiger partial charge is 0.268 e. The number of hydroxylamine groups is 1. The van der Waals surface area contributed by atoms with E-state index in [0.717, 1.165) is 22.2 Å². The van der Waals surface area contributed by atoms with Crippen molar-refractivity contribution in [2.75, 3.05) is 13.1 Å². The van der Waals surface area contributed by atoms with Crippen molar-refractivity contribution < 1.29 is 28.0 Å². The quantitative estimate of drug-likeness (QED) is 0.295. The van der Waals surface area contributed by atoms with Gasteiger partial charge in [-0.3, -0.25) is 19.8 Å². The van der Waals surface area contributed by atoms with Crippen molar-refractivity contribution in [1.29, 1.82) is 0 Å². The molecule has 1 aliphatic rings. The highest BCUT2D eigenvalue weighted by Crippen LogP contribution is 2.27. The first kappa shape index (κ1) is 25.5. The van der Waals surface area contributed by atoms with Gasteiger partial charge < -0.3 is 9.64 Å². The van der Waals surface area contributed by atoms with E-state index in [2.05, 4.69) is 9.71 Å². The highest BCUT2D eigenvalue weighted by molar-refractivity contribution is 7.89. The second-order valence-electron chi connectivity index (χ2n) is 8.83. The number of hydrogen-bond acceptors (Lipinski definition) is 7. The number of aryl methyl sites for hydroxylation is 1. The third-order valence-corrected chi connectivity index (χ3v) is 7.61. The maximum atomic E-state index is 13.0. The first-order chi connectivity index (χ1) is 17.2. The lowest BCUT2D eigenvalue weighted by atomic mass is 9.90. The van der Waals surface area contributed by atoms with E-state index in [4.69, 9.17) is 9.94 Å². The van der Waals surface area contributed by atoms with E-state index in [-0.39, 0.29) is 30.5 Å². The maximum Gasteiger partial charge on any atom is 0.268 e. The molecule has 2 amide bonds. The predicted molar refractivity (Wildman–Crippen MR) is 132 cm³/mol. The maximum absolute atomic E-state index is 13.0. The number of rotatable bonds is 9. The molecule has 36 heavy (non-hydrogen) atoms. The molecule has 0 spiro atoms. The van der Waals surface area contributed by atoms with Gasteiger partial charge in [0.1, 0.15) is 17.9 Å². The SMILES string of the molecule is CCCC(=O)N1CC(NS(=O)(=O)c2ccc(OCc3cc(C)nc4ccccc34)cc2)(C(=O)NO)C1. The van der Waals surface area contributed by atoms with Crippen molar-refractivity contribution in [3.05, 3.63) is 65.9 Å². The molecule has 3 aromatic rings. The molecule has 1 saturated heterocycles. The number of nitrogens with zero attached hydrogens (tertiary/aromatic N) is 2. The van der Waals surface area contributed by atoms with Gasteiger partial charge in [-0.05, 0) is 49.7 Å². The van der Waals surface area contributed by atoms with Gasteiger partial charge in [-0.2, -0.15) is 4.72 Å². The molecule has 4 rings (SSSR count). The van der Waals surface area contributed by atoms with Gasteiger partial charge in [-0.1, -0.05) is 25.1 Å². The number of pyridine rings is 1. The topological polar surface area (TPSA) is 138 Å². The van der Waals surface area contributed by atoms with Crippen molar-refractivity contribution in [1.82, 2.24) is 20.1 Å². The van der Waals surface area contributed by atoms with Gasteiger partial charge in [0.15, 0.2) is 0 Å². The van der Waals surface area contributed by atoms with Crippen molar-refractivity contribution in [2.45, 2.75) is 43.7 Å². The zero-order valence-electron chi connectivity index (χ0n) is 20.0. The van der Waals surface area contributed by atoms with Crippen LogP contribution in [0.3, 0.4) is 0 Å². The van der Waals surface area contributed by atoms with Crippen LogP contribution in [-0.4, -0.2) is 54.0 Å². The predicted octanol–water partition coefficient (Wildman–Crippen LogP) is 2.29. The molecule has 3 N–H and O–H groups in total. The summed E-state index contributed by atoms with van der Waals surface area (Å²) in [6, 6.07) is 15.5. The standard InChI is InChI=1S/C25H28N4O6S/c1-3-6-23(30)29-15-25(16-29,24(31)27-32)28-36(33,34)20-11-9-19(10-12-20)35-14-18-13-17(2)26-22-8-5-4-7-21(18)22/h4-5,7-13,28,32H,3,6,14-16H2,1-2H3,(H,27,31). The van der Waals surface area contributed by atoms with Crippen LogP contribution in [0.2, 0.25) is 0 Å². The Kier molecular flexibility index (Phi) is 7.25. The van der Waals surface area contributed by atoms with E-state index in [0.29, 0.717) is 18.6 Å². The van der Waals surface area contributed by atoms with E-state index in [9.17, 15) is 18.0 Å². The lowest BCUT2D eigenvalue weighted by Crippen LogP contribution is -2.76. The summed E-state index contributed by atoms with van der Waals surface area (Å²) in [5.41, 5.74) is 2.55. The van der Waals surface area contributed by atoms with E-state index in [1.165, 1.54) is 34.6 Å². The van der Waals surface area contributed by atoms with Gasteiger partial charge in [-0.15, -0.1) is 0 Å². The Morgan fingerprint density at radius 1 is 1.14 bits per heavy atom. The summed E-state index contributed by atoms with van der Waals surface area (Å²) < 4.78 is 34.3. The van der Waals surface area contributed by atoms with Crippen LogP contribution >= 0.6 is 0 Å². The fraction of sp³-hybridized carbons (Fsp3) is 0.320. The lowest BCUT2D eigenvalue weighted by molar-refractivity contribution is -0.150. The third kappa shape index (κ3) is 5.18. The number of sulfonamides is 1. The molecule has 190 valence electrons. The second kappa shape index (κ2) is 10.2. The van der Waals surface area contributed by atoms with Gasteiger partial charge in [0.2, 0.25) is 15.9 Å². The Morgan fingerprint density at radius 3 is 2.50 bits per heavy atom. The third-order valence-electron chi connectivity index (χ3n) is 6.06. The van der Waals surface area contributed by atoms with Crippen molar-refractivity contribution >= 4 is 32.7 Å². The van der Waals surface area contributed by atoms with Crippen LogP contribution in [0.15, 0.2) is 59.5 Å². The summed E-state index contributed by atoms with van der Waals surface area (Å²) >= 11 is 0. The van der Waals surface area contributed by atoms with E-state index in [1.807, 2.05) is 44.2 Å². The highest BCUT2D eigenvalue weighted by atomic mass is 32.2. The normalized spacial score (nSPS) is 14.8. The summed E-state index contributed by atoms with van der Waals surface area (Å²) in [5.74, 6) is -0.640. The second-order valence-corrected chi connectivity index (χ2v) is 10.5. The molecule has 1 aliphatic heterocycles. The van der Waals surface area contributed by atoms with E-state index >= 15 is 0 Å². The average Bonchev–Trinajstić information content (AvgIpc) is 2.84. The van der Waals surface area contributed by atoms with Crippen LogP contribution in [-0.2, 0) is 26.2 Å². The first-order valence-electron chi connectivity index (χ1n) is 11.5. The number of fused-ring (bicyclic) bond motifs is 1. The molecule has 0 bridgehead atoms. The summed E-state index contributed by atoms with van der Waals surface area (Å²) in [5, 5.41) is 10.1. The van der Waals surface area contributed by atoms with Gasteiger partial charge in [0, 0.05) is 23.1 Å². The number of hydrogen-bond donors (Lipinski definition) is 3. The largest absolute Gasteiger partial charge is 0.489 e. The molecule has 11 heteroatoms. The zero-order chi connectivity index (χ0) is 25.9. The first-order valence-corrected chi connectivity index (χ1v) is 13.0. The van der Waals surface area contributed by atoms with Crippen LogP contribution in [0.4, 0.5) is 0 Å². The molecule has 2 heterocycles. The lowest BCUT2D eigenvalue weighted by Gasteiger charge is -2.48. The van der Waals surface area contributed by atoms with E-state index in [1.54, 1.807) is 0 Å². The molecule has 0 aliphatic carbocycles. The Bertz CT molecular complexity index is 1390.